The van der Waals surface area contributed by atoms with Crippen LogP contribution in [0.1, 0.15) is 12.8 Å². The van der Waals surface area contributed by atoms with Gasteiger partial charge in [0.2, 0.25) is 5.91 Å². The van der Waals surface area contributed by atoms with E-state index in [1.54, 1.807) is 12.0 Å². The van der Waals surface area contributed by atoms with E-state index in [4.69, 9.17) is 15.6 Å². The molecular formula is C16H23N3O4. The van der Waals surface area contributed by atoms with Gasteiger partial charge in [-0.15, -0.1) is 0 Å². The first-order valence-electron chi connectivity index (χ1n) is 7.66. The zero-order chi connectivity index (χ0) is 16.8. The van der Waals surface area contributed by atoms with Crippen molar-refractivity contribution >= 4 is 17.6 Å². The van der Waals surface area contributed by atoms with Crippen molar-refractivity contribution in [3.05, 3.63) is 24.3 Å². The van der Waals surface area contributed by atoms with Crippen molar-refractivity contribution < 1.29 is 19.4 Å². The van der Waals surface area contributed by atoms with Crippen LogP contribution >= 0.6 is 0 Å². The monoisotopic (exact) mass is 321 g/mol. The molecule has 1 saturated heterocycles. The molecule has 2 rings (SSSR count). The van der Waals surface area contributed by atoms with Gasteiger partial charge in [0.05, 0.1) is 13.2 Å². The summed E-state index contributed by atoms with van der Waals surface area (Å²) in [7, 11) is 1.63. The maximum Gasteiger partial charge on any atom is 0.303 e. The fraction of sp³-hybridized carbons (Fsp3) is 0.500. The van der Waals surface area contributed by atoms with Gasteiger partial charge < -0.3 is 25.4 Å². The van der Waals surface area contributed by atoms with E-state index in [0.29, 0.717) is 13.1 Å². The molecule has 1 aromatic carbocycles. The Bertz CT molecular complexity index is 539. The van der Waals surface area contributed by atoms with Gasteiger partial charge in [0.1, 0.15) is 5.75 Å². The third kappa shape index (κ3) is 4.59. The van der Waals surface area contributed by atoms with Gasteiger partial charge in [-0.2, -0.15) is 0 Å². The molecule has 0 unspecified atom stereocenters. The zero-order valence-electron chi connectivity index (χ0n) is 13.3. The minimum Gasteiger partial charge on any atom is -0.497 e. The average molecular weight is 321 g/mol. The van der Waals surface area contributed by atoms with Crippen LogP contribution in [0.15, 0.2) is 24.3 Å². The third-order valence-electron chi connectivity index (χ3n) is 4.02. The number of benzene rings is 1. The second-order valence-electron chi connectivity index (χ2n) is 5.55. The van der Waals surface area contributed by atoms with Crippen LogP contribution < -0.4 is 15.4 Å². The van der Waals surface area contributed by atoms with Crippen LogP contribution in [-0.2, 0) is 9.59 Å². The normalized spacial score (nSPS) is 16.1. The predicted octanol–water partition coefficient (Wildman–Crippen LogP) is 0.536. The number of piperazine rings is 1. The number of nitrogens with zero attached hydrogens (tertiary/aromatic N) is 2. The average Bonchev–Trinajstić information content (AvgIpc) is 2.59. The van der Waals surface area contributed by atoms with E-state index >= 15 is 0 Å². The number of carboxylic acid groups (broad SMARTS) is 1. The molecule has 0 spiro atoms. The van der Waals surface area contributed by atoms with Crippen LogP contribution in [0, 0.1) is 0 Å². The van der Waals surface area contributed by atoms with Gasteiger partial charge in [-0.1, -0.05) is 0 Å². The van der Waals surface area contributed by atoms with Crippen molar-refractivity contribution in [1.29, 1.82) is 0 Å². The highest BCUT2D eigenvalue weighted by atomic mass is 16.5. The standard InChI is InChI=1S/C16H23N3O4/c1-23-13-4-2-12(3-5-13)18-8-10-19(11-9-18)16(22)14(17)6-7-15(20)21/h2-5,14H,6-11,17H2,1H3,(H,20,21)/t14-/m0/s1. The number of rotatable bonds is 6. The Hall–Kier alpha value is -2.28. The van der Waals surface area contributed by atoms with Crippen LogP contribution in [0.25, 0.3) is 0 Å². The Morgan fingerprint density at radius 1 is 1.22 bits per heavy atom. The maximum absolute atomic E-state index is 12.2. The van der Waals surface area contributed by atoms with Gasteiger partial charge in [-0.3, -0.25) is 9.59 Å². The fourth-order valence-corrected chi connectivity index (χ4v) is 2.62. The van der Waals surface area contributed by atoms with E-state index in [0.717, 1.165) is 24.5 Å². The van der Waals surface area contributed by atoms with Crippen LogP contribution in [-0.4, -0.2) is 61.2 Å². The minimum atomic E-state index is -0.933. The number of aliphatic carboxylic acids is 1. The summed E-state index contributed by atoms with van der Waals surface area (Å²) in [5.74, 6) is -0.287. The molecule has 1 atom stereocenters. The first-order valence-corrected chi connectivity index (χ1v) is 7.66. The largest absolute Gasteiger partial charge is 0.497 e. The van der Waals surface area contributed by atoms with Crippen molar-refractivity contribution in [3.8, 4) is 5.75 Å². The molecular weight excluding hydrogens is 298 g/mol. The minimum absolute atomic E-state index is 0.0846. The fourth-order valence-electron chi connectivity index (χ4n) is 2.62. The van der Waals surface area contributed by atoms with E-state index in [-0.39, 0.29) is 18.7 Å². The first-order chi connectivity index (χ1) is 11.0. The Balaban J connectivity index is 1.85. The SMILES string of the molecule is COc1ccc(N2CCN(C(=O)[C@@H](N)CCC(=O)O)CC2)cc1. The third-order valence-corrected chi connectivity index (χ3v) is 4.02. The first kappa shape index (κ1) is 17.1. The Morgan fingerprint density at radius 2 is 1.83 bits per heavy atom. The number of hydrogen-bond acceptors (Lipinski definition) is 5. The molecule has 0 radical (unpaired) electrons. The maximum atomic E-state index is 12.2. The molecule has 0 saturated carbocycles. The number of carboxylic acids is 1. The number of ether oxygens (including phenoxy) is 1. The van der Waals surface area contributed by atoms with Crippen molar-refractivity contribution in [2.45, 2.75) is 18.9 Å². The summed E-state index contributed by atoms with van der Waals surface area (Å²) in [6.07, 6.45) is 0.0889. The van der Waals surface area contributed by atoms with Gasteiger partial charge >= 0.3 is 5.97 Å². The Labute approximate surface area is 135 Å². The molecule has 7 heteroatoms. The molecule has 3 N–H and O–H groups in total. The summed E-state index contributed by atoms with van der Waals surface area (Å²) < 4.78 is 5.14. The number of anilines is 1. The van der Waals surface area contributed by atoms with Gasteiger partial charge in [-0.05, 0) is 30.7 Å². The zero-order valence-corrected chi connectivity index (χ0v) is 13.3. The van der Waals surface area contributed by atoms with Crippen LogP contribution in [0.2, 0.25) is 0 Å². The molecule has 0 aromatic heterocycles. The lowest BCUT2D eigenvalue weighted by Crippen LogP contribution is -2.53. The molecule has 1 aliphatic heterocycles. The molecule has 1 fully saturated rings. The number of carbonyl (C=O) groups excluding carboxylic acids is 1. The number of nitrogens with two attached hydrogens (primary N) is 1. The van der Waals surface area contributed by atoms with Crippen LogP contribution in [0.3, 0.4) is 0 Å². The predicted molar refractivity (Wildman–Crippen MR) is 86.6 cm³/mol. The lowest BCUT2D eigenvalue weighted by Gasteiger charge is -2.37. The number of hydrogen-bond donors (Lipinski definition) is 2. The van der Waals surface area contributed by atoms with Gasteiger partial charge in [-0.25, -0.2) is 0 Å². The van der Waals surface area contributed by atoms with Crippen molar-refractivity contribution in [1.82, 2.24) is 4.90 Å². The van der Waals surface area contributed by atoms with E-state index < -0.39 is 12.0 Å². The number of amides is 1. The molecule has 1 aliphatic rings. The van der Waals surface area contributed by atoms with E-state index in [2.05, 4.69) is 4.90 Å². The molecule has 0 aliphatic carbocycles. The van der Waals surface area contributed by atoms with E-state index in [9.17, 15) is 9.59 Å². The molecule has 1 amide bonds. The number of carbonyl (C=O) groups is 2. The highest BCUT2D eigenvalue weighted by Crippen LogP contribution is 2.20. The highest BCUT2D eigenvalue weighted by molar-refractivity contribution is 5.82. The summed E-state index contributed by atoms with van der Waals surface area (Å²) in [5.41, 5.74) is 6.88. The van der Waals surface area contributed by atoms with E-state index in [1.807, 2.05) is 24.3 Å². The molecule has 1 heterocycles. The van der Waals surface area contributed by atoms with Crippen molar-refractivity contribution in [3.63, 3.8) is 0 Å². The Kier molecular flexibility index (Phi) is 5.81. The van der Waals surface area contributed by atoms with Gasteiger partial charge in [0.15, 0.2) is 0 Å². The summed E-state index contributed by atoms with van der Waals surface area (Å²) in [6.45, 7) is 2.63. The highest BCUT2D eigenvalue weighted by Gasteiger charge is 2.25. The topological polar surface area (TPSA) is 96.1 Å². The lowest BCUT2D eigenvalue weighted by atomic mass is 10.1. The van der Waals surface area contributed by atoms with E-state index in [1.165, 1.54) is 0 Å². The second kappa shape index (κ2) is 7.82. The van der Waals surface area contributed by atoms with Crippen molar-refractivity contribution in [2.24, 2.45) is 5.73 Å². The molecule has 126 valence electrons. The summed E-state index contributed by atoms with van der Waals surface area (Å²) in [6, 6.07) is 7.08. The van der Waals surface area contributed by atoms with Gasteiger partial charge in [0.25, 0.3) is 0 Å². The van der Waals surface area contributed by atoms with Gasteiger partial charge in [0, 0.05) is 38.3 Å². The van der Waals surface area contributed by atoms with Crippen molar-refractivity contribution in [2.75, 3.05) is 38.2 Å². The summed E-state index contributed by atoms with van der Waals surface area (Å²) in [4.78, 5) is 26.7. The summed E-state index contributed by atoms with van der Waals surface area (Å²) in [5, 5.41) is 8.66. The quantitative estimate of drug-likeness (QED) is 0.794. The molecule has 1 aromatic rings. The molecule has 23 heavy (non-hydrogen) atoms. The van der Waals surface area contributed by atoms with Crippen LogP contribution in [0.5, 0.6) is 5.75 Å². The second-order valence-corrected chi connectivity index (χ2v) is 5.55. The molecule has 0 bridgehead atoms. The Morgan fingerprint density at radius 3 is 2.35 bits per heavy atom. The lowest BCUT2D eigenvalue weighted by molar-refractivity contribution is -0.137. The smallest absolute Gasteiger partial charge is 0.303 e. The molecule has 7 nitrogen and oxygen atoms in total. The summed E-state index contributed by atoms with van der Waals surface area (Å²) >= 11 is 0. The number of methoxy groups -OCH3 is 1. The van der Waals surface area contributed by atoms with Crippen LogP contribution in [0.4, 0.5) is 5.69 Å².